The Morgan fingerprint density at radius 2 is 2.07 bits per heavy atom. The van der Waals surface area contributed by atoms with E-state index < -0.39 is 0 Å². The summed E-state index contributed by atoms with van der Waals surface area (Å²) in [7, 11) is 0. The molecule has 0 radical (unpaired) electrons. The molecule has 0 aromatic carbocycles. The summed E-state index contributed by atoms with van der Waals surface area (Å²) in [5.74, 6) is 0.866. The molecule has 2 unspecified atom stereocenters. The lowest BCUT2D eigenvalue weighted by Crippen LogP contribution is -2.59. The van der Waals surface area contributed by atoms with Gasteiger partial charge in [0, 0.05) is 18.6 Å². The Morgan fingerprint density at radius 1 is 1.33 bits per heavy atom. The molecule has 0 bridgehead atoms. The standard InChI is InChI=1S/C13H26N2/c1-11-5-8-15(9-11)13(10-14)7-4-6-12(13,2)3/h11H,4-10,14H2,1-3H3. The Labute approximate surface area is 94.2 Å². The van der Waals surface area contributed by atoms with Crippen molar-refractivity contribution in [1.82, 2.24) is 4.90 Å². The highest BCUT2D eigenvalue weighted by Crippen LogP contribution is 2.50. The first-order chi connectivity index (χ1) is 7.02. The average molecular weight is 210 g/mol. The monoisotopic (exact) mass is 210 g/mol. The first kappa shape index (κ1) is 11.4. The van der Waals surface area contributed by atoms with E-state index >= 15 is 0 Å². The lowest BCUT2D eigenvalue weighted by Gasteiger charge is -2.48. The average Bonchev–Trinajstić information content (AvgIpc) is 2.70. The molecule has 1 saturated carbocycles. The van der Waals surface area contributed by atoms with Crippen molar-refractivity contribution in [2.75, 3.05) is 19.6 Å². The van der Waals surface area contributed by atoms with E-state index in [1.54, 1.807) is 0 Å². The van der Waals surface area contributed by atoms with Crippen LogP contribution in [0.3, 0.4) is 0 Å². The fourth-order valence-electron chi connectivity index (χ4n) is 3.81. The molecule has 2 nitrogen and oxygen atoms in total. The Hall–Kier alpha value is -0.0800. The minimum Gasteiger partial charge on any atom is -0.329 e. The fourth-order valence-corrected chi connectivity index (χ4v) is 3.81. The summed E-state index contributed by atoms with van der Waals surface area (Å²) in [6.45, 7) is 10.6. The van der Waals surface area contributed by atoms with Gasteiger partial charge in [0.15, 0.2) is 0 Å². The van der Waals surface area contributed by atoms with Crippen LogP contribution in [0.15, 0.2) is 0 Å². The zero-order valence-corrected chi connectivity index (χ0v) is 10.6. The third-order valence-electron chi connectivity index (χ3n) is 5.02. The van der Waals surface area contributed by atoms with Crippen LogP contribution in [0.2, 0.25) is 0 Å². The highest BCUT2D eigenvalue weighted by molar-refractivity contribution is 5.08. The predicted octanol–water partition coefficient (Wildman–Crippen LogP) is 2.24. The fraction of sp³-hybridized carbons (Fsp3) is 1.00. The number of rotatable bonds is 2. The van der Waals surface area contributed by atoms with Gasteiger partial charge < -0.3 is 5.73 Å². The molecule has 1 heterocycles. The summed E-state index contributed by atoms with van der Waals surface area (Å²) >= 11 is 0. The lowest BCUT2D eigenvalue weighted by molar-refractivity contribution is 0.0292. The van der Waals surface area contributed by atoms with E-state index in [-0.39, 0.29) is 0 Å². The Morgan fingerprint density at radius 3 is 2.47 bits per heavy atom. The highest BCUT2D eigenvalue weighted by Gasteiger charge is 2.52. The van der Waals surface area contributed by atoms with Crippen LogP contribution < -0.4 is 5.73 Å². The van der Waals surface area contributed by atoms with E-state index in [0.29, 0.717) is 11.0 Å². The van der Waals surface area contributed by atoms with Gasteiger partial charge in [0.05, 0.1) is 0 Å². The summed E-state index contributed by atoms with van der Waals surface area (Å²) in [5.41, 5.74) is 6.84. The zero-order chi connectivity index (χ0) is 11.1. The molecule has 15 heavy (non-hydrogen) atoms. The van der Waals surface area contributed by atoms with Crippen LogP contribution in [0.4, 0.5) is 0 Å². The molecule has 0 spiro atoms. The van der Waals surface area contributed by atoms with Crippen molar-refractivity contribution in [2.45, 2.75) is 52.0 Å². The lowest BCUT2D eigenvalue weighted by atomic mass is 9.73. The largest absolute Gasteiger partial charge is 0.329 e. The van der Waals surface area contributed by atoms with Gasteiger partial charge in [-0.05, 0) is 37.1 Å². The normalized spacial score (nSPS) is 41.2. The SMILES string of the molecule is CC1CCN(C2(CN)CCCC2(C)C)C1. The van der Waals surface area contributed by atoms with E-state index in [1.165, 1.54) is 38.8 Å². The maximum absolute atomic E-state index is 6.13. The maximum atomic E-state index is 6.13. The molecule has 2 rings (SSSR count). The maximum Gasteiger partial charge on any atom is 0.0382 e. The summed E-state index contributed by atoms with van der Waals surface area (Å²) in [5, 5.41) is 0. The minimum absolute atomic E-state index is 0.303. The smallest absolute Gasteiger partial charge is 0.0382 e. The third-order valence-corrected chi connectivity index (χ3v) is 5.02. The second-order valence-electron chi connectivity index (χ2n) is 6.31. The van der Waals surface area contributed by atoms with Gasteiger partial charge in [-0.2, -0.15) is 0 Å². The summed E-state index contributed by atoms with van der Waals surface area (Å²) in [4.78, 5) is 2.70. The molecule has 1 saturated heterocycles. The van der Waals surface area contributed by atoms with Crippen LogP contribution in [-0.2, 0) is 0 Å². The first-order valence-corrected chi connectivity index (χ1v) is 6.47. The number of likely N-dealkylation sites (tertiary alicyclic amines) is 1. The quantitative estimate of drug-likeness (QED) is 0.757. The van der Waals surface area contributed by atoms with Crippen LogP contribution >= 0.6 is 0 Å². The van der Waals surface area contributed by atoms with Crippen LogP contribution in [0.25, 0.3) is 0 Å². The van der Waals surface area contributed by atoms with Gasteiger partial charge in [-0.3, -0.25) is 4.90 Å². The van der Waals surface area contributed by atoms with Crippen molar-refractivity contribution in [3.63, 3.8) is 0 Å². The second-order valence-corrected chi connectivity index (χ2v) is 6.31. The molecule has 0 aromatic rings. The minimum atomic E-state index is 0.303. The summed E-state index contributed by atoms with van der Waals surface area (Å²) < 4.78 is 0. The third kappa shape index (κ3) is 1.62. The molecule has 2 fully saturated rings. The molecule has 2 aliphatic rings. The molecule has 0 aromatic heterocycles. The Bertz CT molecular complexity index is 237. The Balaban J connectivity index is 2.21. The molecule has 1 aliphatic carbocycles. The number of nitrogens with zero attached hydrogens (tertiary/aromatic N) is 1. The van der Waals surface area contributed by atoms with Crippen molar-refractivity contribution in [3.8, 4) is 0 Å². The molecule has 2 heteroatoms. The van der Waals surface area contributed by atoms with E-state index in [9.17, 15) is 0 Å². The van der Waals surface area contributed by atoms with Gasteiger partial charge in [-0.15, -0.1) is 0 Å². The first-order valence-electron chi connectivity index (χ1n) is 6.47. The van der Waals surface area contributed by atoms with Gasteiger partial charge in [0.1, 0.15) is 0 Å². The summed E-state index contributed by atoms with van der Waals surface area (Å²) in [6, 6.07) is 0. The van der Waals surface area contributed by atoms with E-state index in [2.05, 4.69) is 25.7 Å². The van der Waals surface area contributed by atoms with Crippen molar-refractivity contribution in [2.24, 2.45) is 17.1 Å². The van der Waals surface area contributed by atoms with Crippen LogP contribution in [0.1, 0.15) is 46.5 Å². The molecular weight excluding hydrogens is 184 g/mol. The summed E-state index contributed by atoms with van der Waals surface area (Å²) in [6.07, 6.45) is 5.37. The van der Waals surface area contributed by atoms with E-state index in [4.69, 9.17) is 5.73 Å². The Kier molecular flexibility index (Phi) is 2.85. The van der Waals surface area contributed by atoms with Gasteiger partial charge in [0.2, 0.25) is 0 Å². The number of nitrogens with two attached hydrogens (primary N) is 1. The second kappa shape index (κ2) is 3.74. The van der Waals surface area contributed by atoms with Gasteiger partial charge in [-0.1, -0.05) is 27.2 Å². The van der Waals surface area contributed by atoms with Gasteiger partial charge in [-0.25, -0.2) is 0 Å². The molecular formula is C13H26N2. The molecule has 2 atom stereocenters. The topological polar surface area (TPSA) is 29.3 Å². The van der Waals surface area contributed by atoms with Crippen molar-refractivity contribution in [1.29, 1.82) is 0 Å². The van der Waals surface area contributed by atoms with Crippen LogP contribution in [0.5, 0.6) is 0 Å². The number of hydrogen-bond acceptors (Lipinski definition) is 2. The number of hydrogen-bond donors (Lipinski definition) is 1. The molecule has 0 amide bonds. The zero-order valence-electron chi connectivity index (χ0n) is 10.6. The van der Waals surface area contributed by atoms with Gasteiger partial charge in [0.25, 0.3) is 0 Å². The molecule has 1 aliphatic heterocycles. The van der Waals surface area contributed by atoms with Crippen molar-refractivity contribution in [3.05, 3.63) is 0 Å². The molecule has 2 N–H and O–H groups in total. The highest BCUT2D eigenvalue weighted by atomic mass is 15.2. The molecule has 88 valence electrons. The van der Waals surface area contributed by atoms with E-state index in [1.807, 2.05) is 0 Å². The van der Waals surface area contributed by atoms with E-state index in [0.717, 1.165) is 12.5 Å². The van der Waals surface area contributed by atoms with Gasteiger partial charge >= 0.3 is 0 Å². The predicted molar refractivity (Wildman–Crippen MR) is 64.8 cm³/mol. The van der Waals surface area contributed by atoms with Crippen LogP contribution in [-0.4, -0.2) is 30.1 Å². The van der Waals surface area contributed by atoms with Crippen LogP contribution in [0, 0.1) is 11.3 Å². The van der Waals surface area contributed by atoms with Crippen molar-refractivity contribution < 1.29 is 0 Å². The van der Waals surface area contributed by atoms with Crippen molar-refractivity contribution >= 4 is 0 Å².